The highest BCUT2D eigenvalue weighted by Gasteiger charge is 2.21. The summed E-state index contributed by atoms with van der Waals surface area (Å²) in [4.78, 5) is 26.6. The Balaban J connectivity index is 1.85. The zero-order chi connectivity index (χ0) is 16.8. The Labute approximate surface area is 133 Å². The number of carbonyl (C=O) groups is 2. The standard InChI is InChI=1S/C17H17N3O3/c1-11(19)14(8-18)16(21)10-23-17(22)7-6-12-9-20-15-5-3-2-4-13(12)15/h2-5,9,14,19-20H,6-7,10H2,1H3. The summed E-state index contributed by atoms with van der Waals surface area (Å²) in [5.41, 5.74) is 1.96. The second kappa shape index (κ2) is 7.36. The first-order chi connectivity index (χ1) is 11.0. The molecule has 1 atom stereocenters. The number of nitriles is 1. The van der Waals surface area contributed by atoms with Crippen molar-refractivity contribution in [2.75, 3.05) is 6.61 Å². The van der Waals surface area contributed by atoms with Crippen LogP contribution in [0.4, 0.5) is 0 Å². The number of ketones is 1. The maximum atomic E-state index is 11.7. The average Bonchev–Trinajstić information content (AvgIpc) is 2.94. The molecule has 2 rings (SSSR count). The maximum absolute atomic E-state index is 11.7. The molecule has 0 aliphatic heterocycles. The lowest BCUT2D eigenvalue weighted by Crippen LogP contribution is -2.25. The number of benzene rings is 1. The summed E-state index contributed by atoms with van der Waals surface area (Å²) in [5, 5.41) is 17.2. The van der Waals surface area contributed by atoms with Gasteiger partial charge in [-0.2, -0.15) is 5.26 Å². The van der Waals surface area contributed by atoms with Gasteiger partial charge in [-0.15, -0.1) is 0 Å². The van der Waals surface area contributed by atoms with Crippen LogP contribution in [0.3, 0.4) is 0 Å². The lowest BCUT2D eigenvalue weighted by Gasteiger charge is -2.07. The van der Waals surface area contributed by atoms with Gasteiger partial charge in [-0.1, -0.05) is 18.2 Å². The summed E-state index contributed by atoms with van der Waals surface area (Å²) in [6.07, 6.45) is 2.51. The summed E-state index contributed by atoms with van der Waals surface area (Å²) in [7, 11) is 0. The van der Waals surface area contributed by atoms with Crippen LogP contribution in [0.2, 0.25) is 0 Å². The van der Waals surface area contributed by atoms with Gasteiger partial charge in [0.05, 0.1) is 6.07 Å². The fourth-order valence-electron chi connectivity index (χ4n) is 2.29. The van der Waals surface area contributed by atoms with Crippen LogP contribution in [0, 0.1) is 22.7 Å². The lowest BCUT2D eigenvalue weighted by molar-refractivity contribution is -0.148. The SMILES string of the molecule is CC(=N)C(C#N)C(=O)COC(=O)CCc1c[nH]c2ccccc12. The van der Waals surface area contributed by atoms with E-state index in [1.165, 1.54) is 6.92 Å². The highest BCUT2D eigenvalue weighted by Crippen LogP contribution is 2.19. The van der Waals surface area contributed by atoms with Gasteiger partial charge in [-0.05, 0) is 25.0 Å². The number of ether oxygens (including phenoxy) is 1. The molecule has 23 heavy (non-hydrogen) atoms. The normalized spacial score (nSPS) is 11.7. The molecule has 0 spiro atoms. The van der Waals surface area contributed by atoms with E-state index in [-0.39, 0.29) is 12.1 Å². The molecule has 0 saturated heterocycles. The van der Waals surface area contributed by atoms with Crippen LogP contribution < -0.4 is 0 Å². The summed E-state index contributed by atoms with van der Waals surface area (Å²) in [6.45, 7) is 0.909. The first-order valence-electron chi connectivity index (χ1n) is 7.21. The van der Waals surface area contributed by atoms with Gasteiger partial charge in [-0.25, -0.2) is 0 Å². The molecule has 2 aromatic rings. The molecular weight excluding hydrogens is 294 g/mol. The number of aromatic amines is 1. The van der Waals surface area contributed by atoms with Crippen LogP contribution >= 0.6 is 0 Å². The summed E-state index contributed by atoms with van der Waals surface area (Å²) >= 11 is 0. The molecule has 0 radical (unpaired) electrons. The first-order valence-corrected chi connectivity index (χ1v) is 7.21. The molecule has 0 saturated carbocycles. The van der Waals surface area contributed by atoms with Gasteiger partial charge in [0, 0.05) is 29.2 Å². The summed E-state index contributed by atoms with van der Waals surface area (Å²) in [5.74, 6) is -2.21. The third-order valence-corrected chi connectivity index (χ3v) is 3.53. The van der Waals surface area contributed by atoms with Crippen molar-refractivity contribution in [1.29, 1.82) is 10.7 Å². The van der Waals surface area contributed by atoms with Crippen LogP contribution in [0.1, 0.15) is 18.9 Å². The molecule has 0 aliphatic carbocycles. The van der Waals surface area contributed by atoms with Gasteiger partial charge in [0.2, 0.25) is 0 Å². The number of hydrogen-bond donors (Lipinski definition) is 2. The average molecular weight is 311 g/mol. The van der Waals surface area contributed by atoms with Gasteiger partial charge < -0.3 is 15.1 Å². The Kier molecular flexibility index (Phi) is 5.26. The van der Waals surface area contributed by atoms with E-state index in [9.17, 15) is 9.59 Å². The Morgan fingerprint density at radius 2 is 2.13 bits per heavy atom. The van der Waals surface area contributed by atoms with Crippen molar-refractivity contribution in [1.82, 2.24) is 4.98 Å². The number of aryl methyl sites for hydroxylation is 1. The highest BCUT2D eigenvalue weighted by atomic mass is 16.5. The molecule has 6 heteroatoms. The van der Waals surface area contributed by atoms with Crippen molar-refractivity contribution in [2.45, 2.75) is 19.8 Å². The molecule has 1 unspecified atom stereocenters. The number of aromatic nitrogens is 1. The van der Waals surface area contributed by atoms with E-state index in [1.54, 1.807) is 6.07 Å². The molecule has 1 heterocycles. The van der Waals surface area contributed by atoms with E-state index >= 15 is 0 Å². The van der Waals surface area contributed by atoms with E-state index in [0.717, 1.165) is 16.5 Å². The van der Waals surface area contributed by atoms with Crippen molar-refractivity contribution in [2.24, 2.45) is 5.92 Å². The van der Waals surface area contributed by atoms with E-state index in [4.69, 9.17) is 15.4 Å². The summed E-state index contributed by atoms with van der Waals surface area (Å²) < 4.78 is 4.90. The lowest BCUT2D eigenvalue weighted by atomic mass is 10.0. The van der Waals surface area contributed by atoms with E-state index in [1.807, 2.05) is 30.5 Å². The van der Waals surface area contributed by atoms with E-state index in [0.29, 0.717) is 6.42 Å². The topological polar surface area (TPSA) is 107 Å². The van der Waals surface area contributed by atoms with Crippen molar-refractivity contribution in [3.8, 4) is 6.07 Å². The number of nitrogens with zero attached hydrogens (tertiary/aromatic N) is 1. The number of hydrogen-bond acceptors (Lipinski definition) is 5. The molecule has 2 N–H and O–H groups in total. The van der Waals surface area contributed by atoms with Gasteiger partial charge in [0.1, 0.15) is 5.92 Å². The quantitative estimate of drug-likeness (QED) is 0.604. The Hall–Kier alpha value is -2.94. The van der Waals surface area contributed by atoms with Crippen molar-refractivity contribution < 1.29 is 14.3 Å². The second-order valence-corrected chi connectivity index (χ2v) is 5.23. The fraction of sp³-hybridized carbons (Fsp3) is 0.294. The zero-order valence-corrected chi connectivity index (χ0v) is 12.8. The number of esters is 1. The Morgan fingerprint density at radius 1 is 1.39 bits per heavy atom. The number of carbonyl (C=O) groups excluding carboxylic acids is 2. The first kappa shape index (κ1) is 16.4. The number of para-hydroxylation sites is 1. The molecule has 1 aromatic carbocycles. The Bertz CT molecular complexity index is 786. The molecule has 0 aliphatic rings. The van der Waals surface area contributed by atoms with Gasteiger partial charge >= 0.3 is 5.97 Å². The van der Waals surface area contributed by atoms with Crippen LogP contribution in [0.5, 0.6) is 0 Å². The maximum Gasteiger partial charge on any atom is 0.306 e. The molecule has 0 fully saturated rings. The van der Waals surface area contributed by atoms with Gasteiger partial charge in [-0.3, -0.25) is 9.59 Å². The third kappa shape index (κ3) is 4.04. The minimum Gasteiger partial charge on any atom is -0.458 e. The van der Waals surface area contributed by atoms with Crippen LogP contribution in [-0.4, -0.2) is 29.1 Å². The highest BCUT2D eigenvalue weighted by molar-refractivity contribution is 6.06. The number of rotatable bonds is 7. The van der Waals surface area contributed by atoms with Crippen molar-refractivity contribution in [3.05, 3.63) is 36.0 Å². The molecule has 1 aromatic heterocycles. The fourth-order valence-corrected chi connectivity index (χ4v) is 2.29. The minimum atomic E-state index is -1.14. The molecule has 118 valence electrons. The van der Waals surface area contributed by atoms with Gasteiger partial charge in [0.25, 0.3) is 0 Å². The number of Topliss-reactive ketones (excluding diaryl/α,β-unsaturated/α-hetero) is 1. The Morgan fingerprint density at radius 3 is 2.83 bits per heavy atom. The largest absolute Gasteiger partial charge is 0.458 e. The van der Waals surface area contributed by atoms with Crippen molar-refractivity contribution >= 4 is 28.4 Å². The van der Waals surface area contributed by atoms with Crippen LogP contribution in [0.15, 0.2) is 30.5 Å². The van der Waals surface area contributed by atoms with E-state index in [2.05, 4.69) is 4.98 Å². The van der Waals surface area contributed by atoms with E-state index < -0.39 is 24.3 Å². The van der Waals surface area contributed by atoms with Crippen LogP contribution in [0.25, 0.3) is 10.9 Å². The van der Waals surface area contributed by atoms with Crippen LogP contribution in [-0.2, 0) is 20.7 Å². The molecule has 6 nitrogen and oxygen atoms in total. The smallest absolute Gasteiger partial charge is 0.306 e. The molecule has 0 bridgehead atoms. The third-order valence-electron chi connectivity index (χ3n) is 3.53. The van der Waals surface area contributed by atoms with Crippen molar-refractivity contribution in [3.63, 3.8) is 0 Å². The predicted molar refractivity (Wildman–Crippen MR) is 85.1 cm³/mol. The number of H-pyrrole nitrogens is 1. The summed E-state index contributed by atoms with van der Waals surface area (Å²) in [6, 6.07) is 9.52. The minimum absolute atomic E-state index is 0.0488. The molecule has 0 amide bonds. The number of nitrogens with one attached hydrogen (secondary N) is 2. The second-order valence-electron chi connectivity index (χ2n) is 5.23. The monoisotopic (exact) mass is 311 g/mol. The van der Waals surface area contributed by atoms with Gasteiger partial charge in [0.15, 0.2) is 12.4 Å². The molecular formula is C17H17N3O3. The number of fused-ring (bicyclic) bond motifs is 1. The predicted octanol–water partition coefficient (Wildman–Crippen LogP) is 2.39. The zero-order valence-electron chi connectivity index (χ0n) is 12.8.